The quantitative estimate of drug-likeness (QED) is 0.422. The van der Waals surface area contributed by atoms with Crippen molar-refractivity contribution in [3.63, 3.8) is 0 Å². The van der Waals surface area contributed by atoms with Gasteiger partial charge in [0.2, 0.25) is 5.95 Å². The van der Waals surface area contributed by atoms with Gasteiger partial charge in [0.05, 0.1) is 0 Å². The summed E-state index contributed by atoms with van der Waals surface area (Å²) in [7, 11) is 2.16. The Labute approximate surface area is 196 Å². The lowest BCUT2D eigenvalue weighted by atomic mass is 10.1. The van der Waals surface area contributed by atoms with Gasteiger partial charge < -0.3 is 24.5 Å². The van der Waals surface area contributed by atoms with Crippen molar-refractivity contribution in [3.8, 4) is 11.1 Å². The van der Waals surface area contributed by atoms with Gasteiger partial charge in [-0.3, -0.25) is 0 Å². The molecule has 0 spiro atoms. The first kappa shape index (κ1) is 20.6. The molecule has 0 bridgehead atoms. The Kier molecular flexibility index (Phi) is 4.91. The molecule has 1 aliphatic heterocycles. The zero-order valence-corrected chi connectivity index (χ0v) is 19.1. The van der Waals surface area contributed by atoms with E-state index < -0.39 is 0 Å². The van der Waals surface area contributed by atoms with E-state index in [0.29, 0.717) is 17.2 Å². The average Bonchev–Trinajstić information content (AvgIpc) is 3.43. The highest BCUT2D eigenvalue weighted by Crippen LogP contribution is 2.30. The second-order valence-electron chi connectivity index (χ2n) is 8.79. The lowest BCUT2D eigenvalue weighted by molar-refractivity contribution is 0.313. The number of hydrogen-bond acceptors (Lipinski definition) is 6. The monoisotopic (exact) mass is 456 g/mol. The summed E-state index contributed by atoms with van der Waals surface area (Å²) in [6, 6.07) is 9.82. The number of benzene rings is 1. The van der Waals surface area contributed by atoms with Crippen LogP contribution in [0, 0.1) is 12.7 Å². The van der Waals surface area contributed by atoms with Crippen LogP contribution < -0.4 is 10.2 Å². The number of imidazole rings is 1. The number of likely N-dealkylation sites (N-methyl/N-ethyl adjacent to an activating group) is 1. The van der Waals surface area contributed by atoms with Gasteiger partial charge >= 0.3 is 0 Å². The third-order valence-electron chi connectivity index (χ3n) is 6.46. The number of hydrogen-bond donors (Lipinski definition) is 2. The third-order valence-corrected chi connectivity index (χ3v) is 6.46. The number of nitrogens with zero attached hydrogens (tertiary/aromatic N) is 6. The topological polar surface area (TPSA) is 77.4 Å². The van der Waals surface area contributed by atoms with Gasteiger partial charge in [0.25, 0.3) is 0 Å². The van der Waals surface area contributed by atoms with E-state index in [1.807, 2.05) is 31.5 Å². The highest BCUT2D eigenvalue weighted by molar-refractivity contribution is 5.93. The van der Waals surface area contributed by atoms with Crippen molar-refractivity contribution >= 4 is 34.0 Å². The van der Waals surface area contributed by atoms with Crippen molar-refractivity contribution in [2.45, 2.75) is 6.92 Å². The number of aryl methyl sites for hydroxylation is 1. The normalized spacial score (nSPS) is 14.9. The molecule has 1 saturated heterocycles. The number of piperazine rings is 1. The number of halogens is 1. The zero-order chi connectivity index (χ0) is 23.2. The van der Waals surface area contributed by atoms with Gasteiger partial charge in [-0.25, -0.2) is 14.4 Å². The lowest BCUT2D eigenvalue weighted by Gasteiger charge is -2.34. The largest absolute Gasteiger partial charge is 0.369 e. The number of aromatic amines is 1. The summed E-state index contributed by atoms with van der Waals surface area (Å²) in [6.45, 7) is 6.04. The van der Waals surface area contributed by atoms with Crippen molar-refractivity contribution in [3.05, 3.63) is 66.6 Å². The first-order valence-electron chi connectivity index (χ1n) is 11.3. The van der Waals surface area contributed by atoms with Crippen LogP contribution in [0.25, 0.3) is 27.8 Å². The van der Waals surface area contributed by atoms with Crippen LogP contribution in [-0.2, 0) is 0 Å². The lowest BCUT2D eigenvalue weighted by Crippen LogP contribution is -2.44. The van der Waals surface area contributed by atoms with Crippen LogP contribution in [0.5, 0.6) is 0 Å². The number of H-pyrrole nitrogens is 1. The van der Waals surface area contributed by atoms with E-state index in [0.717, 1.165) is 54.1 Å². The molecule has 1 aromatic carbocycles. The van der Waals surface area contributed by atoms with Crippen molar-refractivity contribution in [1.82, 2.24) is 29.2 Å². The minimum absolute atomic E-state index is 0.322. The standard InChI is InChI=1S/C25H25FN8/c1-16-12-28-24-22(26)10-17(15-34(16)24)20-13-27-23-21(20)14-29-25(31-23)30-18-4-3-5-19(11-18)33-8-6-32(2)7-9-33/h3-5,10-15H,6-9H2,1-2H3,(H2,27,29,30,31). The van der Waals surface area contributed by atoms with E-state index in [2.05, 4.69) is 54.2 Å². The fourth-order valence-electron chi connectivity index (χ4n) is 4.49. The van der Waals surface area contributed by atoms with E-state index in [9.17, 15) is 4.39 Å². The Balaban J connectivity index is 1.28. The molecule has 0 radical (unpaired) electrons. The summed E-state index contributed by atoms with van der Waals surface area (Å²) in [5.74, 6) is 0.142. The first-order valence-corrected chi connectivity index (χ1v) is 11.3. The third kappa shape index (κ3) is 3.63. The number of fused-ring (bicyclic) bond motifs is 2. The maximum atomic E-state index is 14.6. The van der Waals surface area contributed by atoms with E-state index >= 15 is 0 Å². The molecular formula is C25H25FN8. The van der Waals surface area contributed by atoms with Crippen LogP contribution in [0.4, 0.5) is 21.7 Å². The molecule has 0 saturated carbocycles. The Morgan fingerprint density at radius 3 is 2.76 bits per heavy atom. The van der Waals surface area contributed by atoms with Gasteiger partial charge in [-0.1, -0.05) is 6.07 Å². The summed E-state index contributed by atoms with van der Waals surface area (Å²) in [5.41, 5.74) is 5.58. The van der Waals surface area contributed by atoms with Crippen LogP contribution >= 0.6 is 0 Å². The summed E-state index contributed by atoms with van der Waals surface area (Å²) in [5, 5.41) is 4.15. The molecule has 0 aliphatic carbocycles. The number of rotatable bonds is 4. The SMILES string of the molecule is Cc1cnc2c(F)cc(-c3c[nH]c4nc(Nc5cccc(N6CCN(C)CC6)c5)ncc34)cn12. The second kappa shape index (κ2) is 8.11. The Bertz CT molecular complexity index is 1500. The van der Waals surface area contributed by atoms with Crippen LogP contribution in [0.15, 0.2) is 55.1 Å². The van der Waals surface area contributed by atoms with Crippen molar-refractivity contribution in [2.24, 2.45) is 0 Å². The summed E-state index contributed by atoms with van der Waals surface area (Å²) < 4.78 is 16.4. The Hall–Kier alpha value is -3.98. The predicted molar refractivity (Wildman–Crippen MR) is 132 cm³/mol. The van der Waals surface area contributed by atoms with Crippen molar-refractivity contribution in [2.75, 3.05) is 43.4 Å². The van der Waals surface area contributed by atoms with Gasteiger partial charge in [-0.2, -0.15) is 4.98 Å². The fourth-order valence-corrected chi connectivity index (χ4v) is 4.49. The Morgan fingerprint density at radius 2 is 1.91 bits per heavy atom. The highest BCUT2D eigenvalue weighted by atomic mass is 19.1. The number of anilines is 3. The number of aromatic nitrogens is 5. The van der Waals surface area contributed by atoms with Crippen molar-refractivity contribution < 1.29 is 4.39 Å². The number of nitrogens with one attached hydrogen (secondary N) is 2. The molecule has 2 N–H and O–H groups in total. The molecular weight excluding hydrogens is 431 g/mol. The molecule has 1 aliphatic rings. The molecule has 34 heavy (non-hydrogen) atoms. The smallest absolute Gasteiger partial charge is 0.229 e. The van der Waals surface area contributed by atoms with Crippen LogP contribution in [0.2, 0.25) is 0 Å². The molecule has 8 nitrogen and oxygen atoms in total. The van der Waals surface area contributed by atoms with Crippen LogP contribution in [0.3, 0.4) is 0 Å². The molecule has 0 amide bonds. The molecule has 1 fully saturated rings. The molecule has 4 aromatic heterocycles. The summed E-state index contributed by atoms with van der Waals surface area (Å²) in [6.07, 6.45) is 7.16. The molecule has 6 rings (SSSR count). The predicted octanol–water partition coefficient (Wildman–Crippen LogP) is 4.22. The van der Waals surface area contributed by atoms with Gasteiger partial charge in [-0.15, -0.1) is 0 Å². The van der Waals surface area contributed by atoms with E-state index in [1.54, 1.807) is 16.8 Å². The molecule has 9 heteroatoms. The molecule has 0 atom stereocenters. The molecule has 172 valence electrons. The average molecular weight is 457 g/mol. The second-order valence-corrected chi connectivity index (χ2v) is 8.79. The maximum Gasteiger partial charge on any atom is 0.229 e. The maximum absolute atomic E-state index is 14.6. The van der Waals surface area contributed by atoms with E-state index in [-0.39, 0.29) is 5.82 Å². The Morgan fingerprint density at radius 1 is 1.06 bits per heavy atom. The first-order chi connectivity index (χ1) is 16.5. The van der Waals surface area contributed by atoms with Crippen LogP contribution in [-0.4, -0.2) is 62.5 Å². The molecule has 5 heterocycles. The fraction of sp³-hybridized carbons (Fsp3) is 0.240. The summed E-state index contributed by atoms with van der Waals surface area (Å²) in [4.78, 5) is 21.3. The molecule has 5 aromatic rings. The zero-order valence-electron chi connectivity index (χ0n) is 19.1. The highest BCUT2D eigenvalue weighted by Gasteiger charge is 2.16. The van der Waals surface area contributed by atoms with E-state index in [1.165, 1.54) is 11.8 Å². The summed E-state index contributed by atoms with van der Waals surface area (Å²) >= 11 is 0. The minimum Gasteiger partial charge on any atom is -0.369 e. The minimum atomic E-state index is -0.362. The van der Waals surface area contributed by atoms with Gasteiger partial charge in [0, 0.05) is 84.5 Å². The molecule has 0 unspecified atom stereocenters. The van der Waals surface area contributed by atoms with Crippen LogP contribution in [0.1, 0.15) is 5.69 Å². The van der Waals surface area contributed by atoms with Gasteiger partial charge in [0.1, 0.15) is 5.65 Å². The number of pyridine rings is 1. The van der Waals surface area contributed by atoms with Gasteiger partial charge in [-0.05, 0) is 38.2 Å². The van der Waals surface area contributed by atoms with Gasteiger partial charge in [0.15, 0.2) is 11.5 Å². The van der Waals surface area contributed by atoms with E-state index in [4.69, 9.17) is 0 Å². The van der Waals surface area contributed by atoms with Crippen molar-refractivity contribution in [1.29, 1.82) is 0 Å².